The molecule has 6 heteroatoms. The SMILES string of the molecule is CC(NCC(=O)Nc1ccccc1C(=O)NCCc1ccccc1)c1cccs1. The van der Waals surface area contributed by atoms with Crippen LogP contribution in [-0.4, -0.2) is 24.9 Å². The maximum atomic E-state index is 12.6. The Morgan fingerprint density at radius 2 is 1.72 bits per heavy atom. The van der Waals surface area contributed by atoms with Gasteiger partial charge in [-0.25, -0.2) is 0 Å². The summed E-state index contributed by atoms with van der Waals surface area (Å²) in [7, 11) is 0. The molecule has 1 atom stereocenters. The lowest BCUT2D eigenvalue weighted by Crippen LogP contribution is -2.31. The van der Waals surface area contributed by atoms with E-state index in [0.29, 0.717) is 17.8 Å². The van der Waals surface area contributed by atoms with Gasteiger partial charge in [0, 0.05) is 17.5 Å². The molecule has 0 aliphatic carbocycles. The summed E-state index contributed by atoms with van der Waals surface area (Å²) >= 11 is 1.65. The third-order valence-corrected chi connectivity index (χ3v) is 5.58. The van der Waals surface area contributed by atoms with Crippen LogP contribution in [0.2, 0.25) is 0 Å². The molecule has 2 amide bonds. The number of rotatable bonds is 9. The predicted octanol–water partition coefficient (Wildman–Crippen LogP) is 4.01. The second kappa shape index (κ2) is 10.5. The van der Waals surface area contributed by atoms with Gasteiger partial charge in [0.1, 0.15) is 0 Å². The van der Waals surface area contributed by atoms with Crippen LogP contribution in [0.1, 0.15) is 33.8 Å². The highest BCUT2D eigenvalue weighted by Gasteiger charge is 2.14. The molecule has 1 unspecified atom stereocenters. The lowest BCUT2D eigenvalue weighted by Gasteiger charge is -2.14. The molecule has 0 fully saturated rings. The quantitative estimate of drug-likeness (QED) is 0.502. The van der Waals surface area contributed by atoms with Crippen molar-refractivity contribution in [1.29, 1.82) is 0 Å². The molecule has 150 valence electrons. The van der Waals surface area contributed by atoms with Gasteiger partial charge in [0.25, 0.3) is 5.91 Å². The zero-order valence-electron chi connectivity index (χ0n) is 16.4. The molecular formula is C23H25N3O2S. The average molecular weight is 408 g/mol. The van der Waals surface area contributed by atoms with Crippen molar-refractivity contribution in [2.45, 2.75) is 19.4 Å². The number of carbonyl (C=O) groups excluding carboxylic acids is 2. The number of hydrogen-bond acceptors (Lipinski definition) is 4. The van der Waals surface area contributed by atoms with Gasteiger partial charge < -0.3 is 16.0 Å². The number of anilines is 1. The normalized spacial score (nSPS) is 11.6. The number of hydrogen-bond donors (Lipinski definition) is 3. The van der Waals surface area contributed by atoms with Crippen LogP contribution in [0.3, 0.4) is 0 Å². The van der Waals surface area contributed by atoms with Crippen LogP contribution >= 0.6 is 11.3 Å². The van der Waals surface area contributed by atoms with E-state index >= 15 is 0 Å². The molecule has 0 aliphatic rings. The van der Waals surface area contributed by atoms with E-state index in [0.717, 1.165) is 6.42 Å². The van der Waals surface area contributed by atoms with E-state index in [2.05, 4.69) is 16.0 Å². The van der Waals surface area contributed by atoms with Crippen LogP contribution in [0.25, 0.3) is 0 Å². The van der Waals surface area contributed by atoms with Crippen molar-refractivity contribution in [2.75, 3.05) is 18.4 Å². The van der Waals surface area contributed by atoms with Crippen molar-refractivity contribution in [2.24, 2.45) is 0 Å². The number of carbonyl (C=O) groups is 2. The fourth-order valence-corrected chi connectivity index (χ4v) is 3.69. The highest BCUT2D eigenvalue weighted by Crippen LogP contribution is 2.18. The summed E-state index contributed by atoms with van der Waals surface area (Å²) < 4.78 is 0. The van der Waals surface area contributed by atoms with E-state index in [9.17, 15) is 9.59 Å². The Bertz CT molecular complexity index is 926. The molecule has 0 spiro atoms. The van der Waals surface area contributed by atoms with Gasteiger partial charge in [0.2, 0.25) is 5.91 Å². The zero-order valence-corrected chi connectivity index (χ0v) is 17.2. The van der Waals surface area contributed by atoms with Crippen molar-refractivity contribution in [3.8, 4) is 0 Å². The second-order valence-electron chi connectivity index (χ2n) is 6.70. The van der Waals surface area contributed by atoms with Gasteiger partial charge in [-0.3, -0.25) is 9.59 Å². The van der Waals surface area contributed by atoms with Gasteiger partial charge in [0.15, 0.2) is 0 Å². The molecule has 3 N–H and O–H groups in total. The fraction of sp³-hybridized carbons (Fsp3) is 0.217. The van der Waals surface area contributed by atoms with E-state index in [1.54, 1.807) is 35.6 Å². The van der Waals surface area contributed by atoms with Crippen LogP contribution in [0.4, 0.5) is 5.69 Å². The minimum Gasteiger partial charge on any atom is -0.352 e. The van der Waals surface area contributed by atoms with Gasteiger partial charge in [0.05, 0.1) is 17.8 Å². The molecule has 5 nitrogen and oxygen atoms in total. The van der Waals surface area contributed by atoms with E-state index in [1.165, 1.54) is 10.4 Å². The molecule has 3 rings (SSSR count). The number of benzene rings is 2. The van der Waals surface area contributed by atoms with Crippen molar-refractivity contribution in [1.82, 2.24) is 10.6 Å². The van der Waals surface area contributed by atoms with Gasteiger partial charge in [-0.1, -0.05) is 48.5 Å². The molecule has 1 aromatic heterocycles. The van der Waals surface area contributed by atoms with Crippen molar-refractivity contribution >= 4 is 28.8 Å². The van der Waals surface area contributed by atoms with Gasteiger partial charge in [-0.05, 0) is 42.5 Å². The fourth-order valence-electron chi connectivity index (χ4n) is 2.93. The molecule has 1 heterocycles. The van der Waals surface area contributed by atoms with Gasteiger partial charge in [-0.2, -0.15) is 0 Å². The average Bonchev–Trinajstić information content (AvgIpc) is 3.28. The van der Waals surface area contributed by atoms with E-state index in [-0.39, 0.29) is 24.4 Å². The summed E-state index contributed by atoms with van der Waals surface area (Å²) in [6.07, 6.45) is 0.756. The smallest absolute Gasteiger partial charge is 0.253 e. The van der Waals surface area contributed by atoms with E-state index in [1.807, 2.05) is 54.8 Å². The molecular weight excluding hydrogens is 382 g/mol. The first kappa shape index (κ1) is 20.8. The Morgan fingerprint density at radius 1 is 0.966 bits per heavy atom. The molecule has 0 radical (unpaired) electrons. The van der Waals surface area contributed by atoms with Crippen LogP contribution in [0.15, 0.2) is 72.1 Å². The van der Waals surface area contributed by atoms with Crippen LogP contribution in [-0.2, 0) is 11.2 Å². The molecule has 0 bridgehead atoms. The maximum Gasteiger partial charge on any atom is 0.253 e. The van der Waals surface area contributed by atoms with Crippen LogP contribution in [0.5, 0.6) is 0 Å². The Morgan fingerprint density at radius 3 is 2.48 bits per heavy atom. The van der Waals surface area contributed by atoms with Crippen molar-refractivity contribution < 1.29 is 9.59 Å². The Balaban J connectivity index is 1.52. The minimum absolute atomic E-state index is 0.0947. The standard InChI is InChI=1S/C23H25N3O2S/c1-17(21-12-7-15-29-21)25-16-22(27)26-20-11-6-5-10-19(20)23(28)24-14-13-18-8-3-2-4-9-18/h2-12,15,17,25H,13-14,16H2,1H3,(H,24,28)(H,26,27). The van der Waals surface area contributed by atoms with Crippen LogP contribution in [0, 0.1) is 0 Å². The summed E-state index contributed by atoms with van der Waals surface area (Å²) in [6.45, 7) is 2.72. The number of thiophene rings is 1. The van der Waals surface area contributed by atoms with Gasteiger partial charge in [-0.15, -0.1) is 11.3 Å². The number of nitrogens with one attached hydrogen (secondary N) is 3. The minimum atomic E-state index is -0.197. The largest absolute Gasteiger partial charge is 0.352 e. The van der Waals surface area contributed by atoms with E-state index < -0.39 is 0 Å². The molecule has 3 aromatic rings. The number of amides is 2. The Hall–Kier alpha value is -2.96. The molecule has 0 aliphatic heterocycles. The van der Waals surface area contributed by atoms with Crippen molar-refractivity contribution in [3.63, 3.8) is 0 Å². The summed E-state index contributed by atoms with van der Waals surface area (Å²) in [5.41, 5.74) is 2.14. The first-order chi connectivity index (χ1) is 14.1. The van der Waals surface area contributed by atoms with Gasteiger partial charge >= 0.3 is 0 Å². The Labute approximate surface area is 175 Å². The van der Waals surface area contributed by atoms with Crippen molar-refractivity contribution in [3.05, 3.63) is 88.1 Å². The highest BCUT2D eigenvalue weighted by molar-refractivity contribution is 7.10. The third kappa shape index (κ3) is 6.27. The summed E-state index contributed by atoms with van der Waals surface area (Å²) in [5.74, 6) is -0.380. The first-order valence-electron chi connectivity index (χ1n) is 9.61. The monoisotopic (exact) mass is 407 g/mol. The lowest BCUT2D eigenvalue weighted by molar-refractivity contribution is -0.115. The molecule has 0 saturated carbocycles. The second-order valence-corrected chi connectivity index (χ2v) is 7.68. The third-order valence-electron chi connectivity index (χ3n) is 4.53. The zero-order chi connectivity index (χ0) is 20.5. The number of para-hydroxylation sites is 1. The molecule has 2 aromatic carbocycles. The maximum absolute atomic E-state index is 12.6. The highest BCUT2D eigenvalue weighted by atomic mass is 32.1. The topological polar surface area (TPSA) is 70.2 Å². The molecule has 29 heavy (non-hydrogen) atoms. The first-order valence-corrected chi connectivity index (χ1v) is 10.5. The summed E-state index contributed by atoms with van der Waals surface area (Å²) in [4.78, 5) is 26.1. The Kier molecular flexibility index (Phi) is 7.55. The lowest BCUT2D eigenvalue weighted by atomic mass is 10.1. The molecule has 0 saturated heterocycles. The predicted molar refractivity (Wildman–Crippen MR) is 118 cm³/mol. The summed E-state index contributed by atoms with van der Waals surface area (Å²) in [6, 6.07) is 21.2. The van der Waals surface area contributed by atoms with E-state index in [4.69, 9.17) is 0 Å². The van der Waals surface area contributed by atoms with Crippen LogP contribution < -0.4 is 16.0 Å². The summed E-state index contributed by atoms with van der Waals surface area (Å²) in [5, 5.41) is 11.0.